The summed E-state index contributed by atoms with van der Waals surface area (Å²) in [6.07, 6.45) is 3.35. The number of aliphatic imine (C=N–C) groups is 2. The van der Waals surface area contributed by atoms with Crippen LogP contribution in [0.15, 0.2) is 95.2 Å². The summed E-state index contributed by atoms with van der Waals surface area (Å²) in [5.41, 5.74) is 15.2. The van der Waals surface area contributed by atoms with Crippen LogP contribution in [0.2, 0.25) is 0 Å². The molecule has 0 fully saturated rings. The smallest absolute Gasteiger partial charge is 0.249 e. The fourth-order valence-corrected chi connectivity index (χ4v) is 3.84. The van der Waals surface area contributed by atoms with Crippen molar-refractivity contribution in [1.82, 2.24) is 4.98 Å². The molecule has 8 nitrogen and oxygen atoms in total. The lowest BCUT2D eigenvalue weighted by Crippen LogP contribution is -2.12. The number of amides is 1. The number of nitrogens with zero attached hydrogens (tertiary/aromatic N) is 3. The summed E-state index contributed by atoms with van der Waals surface area (Å²) in [6, 6.07) is 22.4. The Balaban J connectivity index is 0.00000148. The van der Waals surface area contributed by atoms with Crippen LogP contribution in [-0.2, 0) is 0 Å². The van der Waals surface area contributed by atoms with Gasteiger partial charge in [0.15, 0.2) is 17.3 Å². The van der Waals surface area contributed by atoms with Gasteiger partial charge in [0.1, 0.15) is 0 Å². The Morgan fingerprint density at radius 3 is 2.42 bits per heavy atom. The lowest BCUT2D eigenvalue weighted by molar-refractivity contribution is 0.100. The van der Waals surface area contributed by atoms with E-state index in [0.29, 0.717) is 34.1 Å². The van der Waals surface area contributed by atoms with E-state index in [9.17, 15) is 4.79 Å². The SMILES string of the molecule is C=NC(=Nc1ccc(-c2ccc3c(c2)OCO3)cc1-c1ccccc1C(N)=O)c1cccnc1.CN. The number of primary amides is 1. The van der Waals surface area contributed by atoms with Gasteiger partial charge in [-0.3, -0.25) is 9.78 Å². The van der Waals surface area contributed by atoms with E-state index in [1.165, 1.54) is 7.05 Å². The third-order valence-corrected chi connectivity index (χ3v) is 5.48. The van der Waals surface area contributed by atoms with E-state index in [1.54, 1.807) is 24.5 Å². The molecular weight excluding hydrogens is 454 g/mol. The number of carbonyl (C=O) groups excluding carboxylic acids is 1. The zero-order valence-electron chi connectivity index (χ0n) is 19.7. The fourth-order valence-electron chi connectivity index (χ4n) is 3.84. The maximum atomic E-state index is 12.2. The highest BCUT2D eigenvalue weighted by atomic mass is 16.7. The summed E-state index contributed by atoms with van der Waals surface area (Å²) in [5, 5.41) is 0. The quantitative estimate of drug-likeness (QED) is 0.320. The molecule has 0 atom stereocenters. The maximum absolute atomic E-state index is 12.2. The molecule has 8 heteroatoms. The number of hydrogen-bond donors (Lipinski definition) is 2. The van der Waals surface area contributed by atoms with Gasteiger partial charge in [-0.2, -0.15) is 0 Å². The highest BCUT2D eigenvalue weighted by Gasteiger charge is 2.17. The molecule has 0 saturated heterocycles. The van der Waals surface area contributed by atoms with Gasteiger partial charge in [0.05, 0.1) is 5.69 Å². The van der Waals surface area contributed by atoms with Crippen LogP contribution in [0.4, 0.5) is 5.69 Å². The van der Waals surface area contributed by atoms with Crippen LogP contribution < -0.4 is 20.9 Å². The molecule has 0 unspecified atom stereocenters. The molecule has 0 aliphatic carbocycles. The summed E-state index contributed by atoms with van der Waals surface area (Å²) in [5.74, 6) is 1.30. The van der Waals surface area contributed by atoms with Crippen LogP contribution in [0.1, 0.15) is 15.9 Å². The molecule has 4 N–H and O–H groups in total. The minimum atomic E-state index is -0.520. The summed E-state index contributed by atoms with van der Waals surface area (Å²) in [4.78, 5) is 25.2. The first-order valence-electron chi connectivity index (χ1n) is 11.1. The van der Waals surface area contributed by atoms with Gasteiger partial charge < -0.3 is 20.9 Å². The average molecular weight is 480 g/mol. The van der Waals surface area contributed by atoms with E-state index in [1.807, 2.05) is 60.7 Å². The molecule has 1 aliphatic heterocycles. The van der Waals surface area contributed by atoms with Crippen molar-refractivity contribution in [2.75, 3.05) is 13.8 Å². The number of amidine groups is 1. The van der Waals surface area contributed by atoms with Crippen LogP contribution in [0, 0.1) is 0 Å². The second-order valence-electron chi connectivity index (χ2n) is 7.55. The largest absolute Gasteiger partial charge is 0.454 e. The van der Waals surface area contributed by atoms with Crippen LogP contribution in [-0.4, -0.2) is 37.3 Å². The maximum Gasteiger partial charge on any atom is 0.249 e. The Bertz CT molecular complexity index is 1430. The van der Waals surface area contributed by atoms with Crippen LogP contribution in [0.25, 0.3) is 22.3 Å². The summed E-state index contributed by atoms with van der Waals surface area (Å²) in [6.45, 7) is 3.88. The number of carbonyl (C=O) groups is 1. The Morgan fingerprint density at radius 1 is 0.917 bits per heavy atom. The second-order valence-corrected chi connectivity index (χ2v) is 7.55. The molecule has 1 aromatic heterocycles. The summed E-state index contributed by atoms with van der Waals surface area (Å²) >= 11 is 0. The Hall–Kier alpha value is -4.82. The van der Waals surface area contributed by atoms with Crippen molar-refractivity contribution in [2.45, 2.75) is 0 Å². The molecule has 3 aromatic carbocycles. The third-order valence-electron chi connectivity index (χ3n) is 5.48. The van der Waals surface area contributed by atoms with Crippen molar-refractivity contribution in [3.63, 3.8) is 0 Å². The van der Waals surface area contributed by atoms with Gasteiger partial charge in [-0.1, -0.05) is 30.3 Å². The monoisotopic (exact) mass is 479 g/mol. The standard InChI is InChI=1S/C27H20N4O3.CH5N/c1-29-27(19-5-4-12-30-15-19)31-23-10-8-17(18-9-11-24-25(14-18)34-16-33-24)13-22(23)20-6-2-3-7-21(20)26(28)32;1-2/h2-15H,1,16H2,(H2,28,32);2H2,1H3. The molecule has 0 radical (unpaired) electrons. The molecule has 0 spiro atoms. The van der Waals surface area contributed by atoms with E-state index in [0.717, 1.165) is 22.3 Å². The van der Waals surface area contributed by atoms with Crippen LogP contribution in [0.5, 0.6) is 11.5 Å². The number of hydrogen-bond acceptors (Lipinski definition) is 6. The molecule has 180 valence electrons. The molecule has 1 aliphatic rings. The van der Waals surface area contributed by atoms with E-state index >= 15 is 0 Å². The normalized spacial score (nSPS) is 11.9. The first-order valence-corrected chi connectivity index (χ1v) is 11.1. The molecule has 4 aromatic rings. The third kappa shape index (κ3) is 4.98. The minimum Gasteiger partial charge on any atom is -0.454 e. The van der Waals surface area contributed by atoms with E-state index < -0.39 is 5.91 Å². The number of aromatic nitrogens is 1. The van der Waals surface area contributed by atoms with E-state index in [-0.39, 0.29) is 6.79 Å². The van der Waals surface area contributed by atoms with Gasteiger partial charge in [0, 0.05) is 29.1 Å². The zero-order valence-corrected chi connectivity index (χ0v) is 19.7. The molecule has 36 heavy (non-hydrogen) atoms. The van der Waals surface area contributed by atoms with Crippen molar-refractivity contribution in [3.05, 3.63) is 96.3 Å². The first-order chi connectivity index (χ1) is 17.6. The van der Waals surface area contributed by atoms with Crippen molar-refractivity contribution in [1.29, 1.82) is 0 Å². The second kappa shape index (κ2) is 11.1. The first kappa shape index (κ1) is 24.3. The highest BCUT2D eigenvalue weighted by molar-refractivity contribution is 6.05. The van der Waals surface area contributed by atoms with Gasteiger partial charge in [-0.25, -0.2) is 9.98 Å². The van der Waals surface area contributed by atoms with Gasteiger partial charge in [-0.15, -0.1) is 0 Å². The Kier molecular flexibility index (Phi) is 7.48. The number of pyridine rings is 1. The summed E-state index contributed by atoms with van der Waals surface area (Å²) < 4.78 is 11.0. The van der Waals surface area contributed by atoms with Gasteiger partial charge in [0.25, 0.3) is 0 Å². The van der Waals surface area contributed by atoms with Crippen molar-refractivity contribution in [2.24, 2.45) is 21.5 Å². The lowest BCUT2D eigenvalue weighted by atomic mass is 9.94. The topological polar surface area (TPSA) is 125 Å². The zero-order chi connectivity index (χ0) is 25.5. The van der Waals surface area contributed by atoms with E-state index in [4.69, 9.17) is 20.2 Å². The highest BCUT2D eigenvalue weighted by Crippen LogP contribution is 2.40. The van der Waals surface area contributed by atoms with Crippen molar-refractivity contribution >= 4 is 24.1 Å². The van der Waals surface area contributed by atoms with Crippen LogP contribution in [0.3, 0.4) is 0 Å². The Labute approximate surface area is 209 Å². The molecule has 0 bridgehead atoms. The predicted octanol–water partition coefficient (Wildman–Crippen LogP) is 4.60. The molecule has 2 heterocycles. The molecule has 5 rings (SSSR count). The summed E-state index contributed by atoms with van der Waals surface area (Å²) in [7, 11) is 1.50. The van der Waals surface area contributed by atoms with Gasteiger partial charge in [-0.05, 0) is 72.9 Å². The molecule has 0 saturated carbocycles. The number of ether oxygens (including phenoxy) is 2. The number of benzene rings is 3. The predicted molar refractivity (Wildman–Crippen MR) is 142 cm³/mol. The van der Waals surface area contributed by atoms with Crippen molar-refractivity contribution < 1.29 is 14.3 Å². The minimum absolute atomic E-state index is 0.204. The number of nitrogens with two attached hydrogens (primary N) is 2. The van der Waals surface area contributed by atoms with Gasteiger partial charge >= 0.3 is 0 Å². The molecular formula is C28H25N5O3. The van der Waals surface area contributed by atoms with Crippen molar-refractivity contribution in [3.8, 4) is 33.8 Å². The lowest BCUT2D eigenvalue weighted by Gasteiger charge is -2.13. The van der Waals surface area contributed by atoms with Gasteiger partial charge in [0.2, 0.25) is 12.7 Å². The van der Waals surface area contributed by atoms with E-state index in [2.05, 4.69) is 22.4 Å². The number of fused-ring (bicyclic) bond motifs is 1. The van der Waals surface area contributed by atoms with Crippen LogP contribution >= 0.6 is 0 Å². The number of rotatable bonds is 5. The average Bonchev–Trinajstić information content (AvgIpc) is 3.41. The Morgan fingerprint density at radius 2 is 1.67 bits per heavy atom. The molecule has 1 amide bonds. The fraction of sp³-hybridized carbons (Fsp3) is 0.0714.